The Morgan fingerprint density at radius 3 is 2.27 bits per heavy atom. The molecular weight excluding hydrogens is 162 g/mol. The Labute approximate surface area is 72.0 Å². The minimum Gasteiger partial charge on any atom is -0.376 e. The normalized spacial score (nSPS) is 14.6. The molecule has 0 aliphatic rings. The van der Waals surface area contributed by atoms with Crippen LogP contribution in [0.3, 0.4) is 0 Å². The zero-order valence-electron chi connectivity index (χ0n) is 7.50. The molecule has 0 rings (SSSR count). The number of nitrogens with zero attached hydrogens (tertiary/aromatic N) is 1. The molecule has 0 saturated carbocycles. The molecular formula is C7H16NO2S+. The number of hydrogen-bond acceptors (Lipinski definition) is 3. The number of hydrogen-bond donors (Lipinski definition) is 1. The molecule has 1 N–H and O–H groups in total. The third-order valence-corrected chi connectivity index (χ3v) is 1.76. The van der Waals surface area contributed by atoms with Crippen LogP contribution in [0, 0.1) is 0 Å². The van der Waals surface area contributed by atoms with Crippen LogP contribution in [-0.4, -0.2) is 47.8 Å². The molecule has 66 valence electrons. The van der Waals surface area contributed by atoms with Gasteiger partial charge in [0.05, 0.1) is 21.1 Å². The summed E-state index contributed by atoms with van der Waals surface area (Å²) in [6, 6.07) is 0. The van der Waals surface area contributed by atoms with Crippen molar-refractivity contribution in [1.82, 2.24) is 0 Å². The van der Waals surface area contributed by atoms with Crippen molar-refractivity contribution in [3.63, 3.8) is 0 Å². The minimum atomic E-state index is -0.576. The van der Waals surface area contributed by atoms with E-state index >= 15 is 0 Å². The third kappa shape index (κ3) is 7.84. The van der Waals surface area contributed by atoms with Gasteiger partial charge in [-0.3, -0.25) is 4.79 Å². The lowest BCUT2D eigenvalue weighted by Gasteiger charge is -2.25. The van der Waals surface area contributed by atoms with Crippen LogP contribution in [-0.2, 0) is 4.79 Å². The molecule has 0 aromatic rings. The Morgan fingerprint density at radius 2 is 2.00 bits per heavy atom. The first-order valence-corrected chi connectivity index (χ1v) is 4.35. The average molecular weight is 178 g/mol. The first kappa shape index (κ1) is 10.9. The molecule has 0 spiro atoms. The number of likely N-dealkylation sites (N-methyl/N-ethyl adjacent to an activating group) is 1. The lowest BCUT2D eigenvalue weighted by molar-refractivity contribution is -0.871. The number of aliphatic hydroxyl groups excluding tert-OH is 1. The number of carbonyl (C=O) groups is 1. The van der Waals surface area contributed by atoms with E-state index in [-0.39, 0.29) is 5.12 Å². The van der Waals surface area contributed by atoms with Crippen molar-refractivity contribution in [3.8, 4) is 0 Å². The van der Waals surface area contributed by atoms with Crippen molar-refractivity contribution in [2.45, 2.75) is 12.4 Å². The summed E-state index contributed by atoms with van der Waals surface area (Å²) in [5.41, 5.74) is -0.576. The molecule has 11 heavy (non-hydrogen) atoms. The van der Waals surface area contributed by atoms with Gasteiger partial charge < -0.3 is 9.59 Å². The zero-order valence-corrected chi connectivity index (χ0v) is 8.31. The second-order valence-corrected chi connectivity index (χ2v) is 4.89. The van der Waals surface area contributed by atoms with Crippen LogP contribution in [0.4, 0.5) is 0 Å². The Balaban J connectivity index is 3.69. The molecule has 4 heteroatoms. The van der Waals surface area contributed by atoms with E-state index in [9.17, 15) is 9.90 Å². The summed E-state index contributed by atoms with van der Waals surface area (Å²) in [5.74, 6) is 0. The predicted octanol–water partition coefficient (Wildman–Crippen LogP) is 0.291. The molecule has 0 radical (unpaired) electrons. The SMILES string of the molecule is CC(=O)S[C@H](O)C[N+](C)(C)C. The monoisotopic (exact) mass is 178 g/mol. The van der Waals surface area contributed by atoms with Gasteiger partial charge in [-0.2, -0.15) is 0 Å². The minimum absolute atomic E-state index is 0.0362. The van der Waals surface area contributed by atoms with Crippen LogP contribution < -0.4 is 0 Å². The van der Waals surface area contributed by atoms with Gasteiger partial charge in [-0.05, 0) is 0 Å². The fraction of sp³-hybridized carbons (Fsp3) is 0.857. The Morgan fingerprint density at radius 1 is 1.55 bits per heavy atom. The highest BCUT2D eigenvalue weighted by Crippen LogP contribution is 2.11. The number of quaternary nitrogens is 1. The van der Waals surface area contributed by atoms with Gasteiger partial charge in [0.15, 0.2) is 10.6 Å². The highest BCUT2D eigenvalue weighted by atomic mass is 32.2. The standard InChI is InChI=1S/C7H16NO2S/c1-6(9)11-7(10)5-8(2,3)4/h7,10H,5H2,1-4H3/q+1/t7-/m0/s1. The summed E-state index contributed by atoms with van der Waals surface area (Å²) in [6.45, 7) is 2.05. The summed E-state index contributed by atoms with van der Waals surface area (Å²) >= 11 is 0.982. The largest absolute Gasteiger partial charge is 0.376 e. The van der Waals surface area contributed by atoms with Gasteiger partial charge in [-0.1, -0.05) is 11.8 Å². The summed E-state index contributed by atoms with van der Waals surface area (Å²) in [5, 5.41) is 9.25. The van der Waals surface area contributed by atoms with Gasteiger partial charge in [0.1, 0.15) is 6.54 Å². The van der Waals surface area contributed by atoms with E-state index in [1.54, 1.807) is 0 Å². The summed E-state index contributed by atoms with van der Waals surface area (Å²) in [6.07, 6.45) is 0. The van der Waals surface area contributed by atoms with Crippen molar-refractivity contribution in [2.75, 3.05) is 27.7 Å². The van der Waals surface area contributed by atoms with Crippen molar-refractivity contribution in [3.05, 3.63) is 0 Å². The van der Waals surface area contributed by atoms with Gasteiger partial charge in [-0.15, -0.1) is 0 Å². The fourth-order valence-corrected chi connectivity index (χ4v) is 1.60. The van der Waals surface area contributed by atoms with E-state index in [1.807, 2.05) is 21.1 Å². The summed E-state index contributed by atoms with van der Waals surface area (Å²) in [4.78, 5) is 10.5. The second-order valence-electron chi connectivity index (χ2n) is 3.54. The molecule has 0 heterocycles. The van der Waals surface area contributed by atoms with Crippen LogP contribution >= 0.6 is 11.8 Å². The molecule has 0 saturated heterocycles. The predicted molar refractivity (Wildman–Crippen MR) is 47.2 cm³/mol. The van der Waals surface area contributed by atoms with E-state index in [4.69, 9.17) is 0 Å². The van der Waals surface area contributed by atoms with Crippen molar-refractivity contribution in [1.29, 1.82) is 0 Å². The first-order valence-electron chi connectivity index (χ1n) is 3.47. The Kier molecular flexibility index (Phi) is 4.07. The lowest BCUT2D eigenvalue weighted by atomic mass is 10.5. The second kappa shape index (κ2) is 4.09. The molecule has 0 aromatic carbocycles. The van der Waals surface area contributed by atoms with Crippen LogP contribution in [0.1, 0.15) is 6.92 Å². The number of rotatable bonds is 3. The van der Waals surface area contributed by atoms with Crippen LogP contribution in [0.5, 0.6) is 0 Å². The molecule has 0 aliphatic carbocycles. The molecule has 1 atom stereocenters. The quantitative estimate of drug-likeness (QED) is 0.498. The topological polar surface area (TPSA) is 37.3 Å². The number of carbonyl (C=O) groups excluding carboxylic acids is 1. The molecule has 0 fully saturated rings. The third-order valence-electron chi connectivity index (χ3n) is 1.01. The van der Waals surface area contributed by atoms with Crippen molar-refractivity contribution in [2.24, 2.45) is 0 Å². The maximum atomic E-state index is 10.5. The molecule has 0 bridgehead atoms. The maximum absolute atomic E-state index is 10.5. The highest BCUT2D eigenvalue weighted by Gasteiger charge is 2.16. The molecule has 0 aliphatic heterocycles. The maximum Gasteiger partial charge on any atom is 0.188 e. The molecule has 0 aromatic heterocycles. The van der Waals surface area contributed by atoms with Gasteiger partial charge in [-0.25, -0.2) is 0 Å². The summed E-state index contributed by atoms with van der Waals surface area (Å²) < 4.78 is 0.668. The first-order chi connectivity index (χ1) is 4.81. The molecule has 0 unspecified atom stereocenters. The van der Waals surface area contributed by atoms with Crippen molar-refractivity contribution < 1.29 is 14.4 Å². The zero-order chi connectivity index (χ0) is 9.07. The Hall–Kier alpha value is -0.0600. The number of thioether (sulfide) groups is 1. The fourth-order valence-electron chi connectivity index (χ4n) is 0.697. The molecule has 3 nitrogen and oxygen atoms in total. The molecule has 0 amide bonds. The van der Waals surface area contributed by atoms with Crippen LogP contribution in [0.25, 0.3) is 0 Å². The Bertz CT molecular complexity index is 142. The van der Waals surface area contributed by atoms with E-state index in [0.717, 1.165) is 11.8 Å². The summed E-state index contributed by atoms with van der Waals surface area (Å²) in [7, 11) is 5.93. The van der Waals surface area contributed by atoms with E-state index in [1.165, 1.54) is 6.92 Å². The van der Waals surface area contributed by atoms with Gasteiger partial charge >= 0.3 is 0 Å². The van der Waals surface area contributed by atoms with E-state index in [2.05, 4.69) is 0 Å². The average Bonchev–Trinajstić information content (AvgIpc) is 1.53. The highest BCUT2D eigenvalue weighted by molar-refractivity contribution is 8.13. The van der Waals surface area contributed by atoms with Crippen LogP contribution in [0.2, 0.25) is 0 Å². The lowest BCUT2D eigenvalue weighted by Crippen LogP contribution is -2.40. The number of aliphatic hydroxyl groups is 1. The van der Waals surface area contributed by atoms with Crippen LogP contribution in [0.15, 0.2) is 0 Å². The smallest absolute Gasteiger partial charge is 0.188 e. The van der Waals surface area contributed by atoms with E-state index in [0.29, 0.717) is 11.0 Å². The van der Waals surface area contributed by atoms with E-state index < -0.39 is 5.44 Å². The van der Waals surface area contributed by atoms with Gasteiger partial charge in [0, 0.05) is 6.92 Å². The van der Waals surface area contributed by atoms with Gasteiger partial charge in [0.25, 0.3) is 0 Å². The van der Waals surface area contributed by atoms with Crippen molar-refractivity contribution >= 4 is 16.9 Å². The van der Waals surface area contributed by atoms with Gasteiger partial charge in [0.2, 0.25) is 0 Å².